The molecule has 0 aromatic heterocycles. The Kier molecular flexibility index (Phi) is 2.67. The molecule has 2 rings (SSSR count). The molecule has 1 aliphatic heterocycles. The van der Waals surface area contributed by atoms with Gasteiger partial charge in [-0.3, -0.25) is 4.79 Å². The number of Topliss-reactive ketones (excluding diaryl/α,β-unsaturated/α-hetero) is 1. The maximum absolute atomic E-state index is 11.5. The van der Waals surface area contributed by atoms with Crippen LogP contribution in [-0.2, 0) is 4.79 Å². The highest BCUT2D eigenvalue weighted by Gasteiger charge is 2.17. The number of rotatable bonds is 1. The number of nitrogens with zero attached hydrogens (tertiary/aromatic N) is 1. The summed E-state index contributed by atoms with van der Waals surface area (Å²) < 4.78 is 0. The molecule has 2 heteroatoms. The number of allylic oxidation sites excluding steroid dienone is 1. The van der Waals surface area contributed by atoms with Crippen molar-refractivity contribution in [1.29, 1.82) is 0 Å². The fourth-order valence-electron chi connectivity index (χ4n) is 2.13. The lowest BCUT2D eigenvalue weighted by Gasteiger charge is -2.17. The van der Waals surface area contributed by atoms with Gasteiger partial charge in [0.1, 0.15) is 0 Å². The Morgan fingerprint density at radius 1 is 1.00 bits per heavy atom. The third-order valence-corrected chi connectivity index (χ3v) is 2.94. The van der Waals surface area contributed by atoms with Crippen LogP contribution >= 0.6 is 0 Å². The monoisotopic (exact) mass is 179 g/mol. The Morgan fingerprint density at radius 2 is 1.69 bits per heavy atom. The second-order valence-electron chi connectivity index (χ2n) is 4.03. The number of likely N-dealkylation sites (tertiary alicyclic amines) is 1. The molecule has 1 aliphatic carbocycles. The molecule has 0 bridgehead atoms. The zero-order chi connectivity index (χ0) is 9.10. The van der Waals surface area contributed by atoms with Gasteiger partial charge < -0.3 is 4.90 Å². The van der Waals surface area contributed by atoms with Crippen LogP contribution in [0.4, 0.5) is 0 Å². The van der Waals surface area contributed by atoms with Gasteiger partial charge >= 0.3 is 0 Å². The molecule has 1 saturated heterocycles. The molecule has 1 saturated carbocycles. The summed E-state index contributed by atoms with van der Waals surface area (Å²) in [7, 11) is 0. The molecule has 1 heterocycles. The molecule has 0 N–H and O–H groups in total. The Hall–Kier alpha value is -0.790. The van der Waals surface area contributed by atoms with Crippen LogP contribution in [0.3, 0.4) is 0 Å². The summed E-state index contributed by atoms with van der Waals surface area (Å²) in [4.78, 5) is 13.8. The van der Waals surface area contributed by atoms with E-state index in [2.05, 4.69) is 11.1 Å². The van der Waals surface area contributed by atoms with E-state index < -0.39 is 0 Å². The second-order valence-corrected chi connectivity index (χ2v) is 4.03. The molecule has 0 amide bonds. The highest BCUT2D eigenvalue weighted by atomic mass is 16.1. The summed E-state index contributed by atoms with van der Waals surface area (Å²) in [6.07, 6.45) is 8.78. The number of carbonyl (C=O) groups is 1. The first kappa shape index (κ1) is 8.79. The van der Waals surface area contributed by atoms with Crippen LogP contribution in [0.1, 0.15) is 38.5 Å². The minimum absolute atomic E-state index is 0.387. The minimum atomic E-state index is 0.387. The zero-order valence-corrected chi connectivity index (χ0v) is 8.09. The van der Waals surface area contributed by atoms with Gasteiger partial charge in [0.05, 0.1) is 0 Å². The van der Waals surface area contributed by atoms with Gasteiger partial charge in [-0.25, -0.2) is 0 Å². The SMILES string of the molecule is O=C1CCCC/C1=C\N1CCCC1. The number of hydrogen-bond donors (Lipinski definition) is 0. The van der Waals surface area contributed by atoms with Crippen molar-refractivity contribution in [3.8, 4) is 0 Å². The van der Waals surface area contributed by atoms with Crippen molar-refractivity contribution >= 4 is 5.78 Å². The molecule has 72 valence electrons. The standard InChI is InChI=1S/C11H17NO/c13-11-6-2-1-5-10(11)9-12-7-3-4-8-12/h9H,1-8H2/b10-9+. The van der Waals surface area contributed by atoms with E-state index >= 15 is 0 Å². The summed E-state index contributed by atoms with van der Waals surface area (Å²) >= 11 is 0. The van der Waals surface area contributed by atoms with Gasteiger partial charge in [0.25, 0.3) is 0 Å². The number of hydrogen-bond acceptors (Lipinski definition) is 2. The van der Waals surface area contributed by atoms with E-state index in [4.69, 9.17) is 0 Å². The summed E-state index contributed by atoms with van der Waals surface area (Å²) in [5.74, 6) is 0.387. The molecule has 0 aromatic carbocycles. The molecular weight excluding hydrogens is 162 g/mol. The quantitative estimate of drug-likeness (QED) is 0.575. The van der Waals surface area contributed by atoms with E-state index in [9.17, 15) is 4.79 Å². The van der Waals surface area contributed by atoms with Crippen LogP contribution < -0.4 is 0 Å². The van der Waals surface area contributed by atoms with Crippen molar-refractivity contribution in [2.45, 2.75) is 38.5 Å². The van der Waals surface area contributed by atoms with Gasteiger partial charge in [-0.1, -0.05) is 0 Å². The Morgan fingerprint density at radius 3 is 2.38 bits per heavy atom. The predicted molar refractivity (Wildman–Crippen MR) is 52.4 cm³/mol. The topological polar surface area (TPSA) is 20.3 Å². The average Bonchev–Trinajstić information content (AvgIpc) is 2.61. The highest BCUT2D eigenvalue weighted by molar-refractivity contribution is 5.95. The molecule has 0 atom stereocenters. The van der Waals surface area contributed by atoms with Crippen molar-refractivity contribution in [2.24, 2.45) is 0 Å². The van der Waals surface area contributed by atoms with Crippen molar-refractivity contribution < 1.29 is 4.79 Å². The van der Waals surface area contributed by atoms with E-state index in [1.807, 2.05) is 0 Å². The third-order valence-electron chi connectivity index (χ3n) is 2.94. The lowest BCUT2D eigenvalue weighted by molar-refractivity contribution is -0.116. The molecule has 2 aliphatic rings. The lowest BCUT2D eigenvalue weighted by atomic mass is 9.94. The van der Waals surface area contributed by atoms with Gasteiger partial charge in [0.2, 0.25) is 0 Å². The van der Waals surface area contributed by atoms with E-state index in [-0.39, 0.29) is 0 Å². The molecule has 2 nitrogen and oxygen atoms in total. The molecule has 0 spiro atoms. The smallest absolute Gasteiger partial charge is 0.160 e. The molecule has 0 aromatic rings. The fourth-order valence-corrected chi connectivity index (χ4v) is 2.13. The number of ketones is 1. The van der Waals surface area contributed by atoms with Crippen LogP contribution in [0.2, 0.25) is 0 Å². The molecule has 2 fully saturated rings. The maximum Gasteiger partial charge on any atom is 0.160 e. The van der Waals surface area contributed by atoms with E-state index in [0.717, 1.165) is 37.9 Å². The normalized spacial score (nSPS) is 27.2. The van der Waals surface area contributed by atoms with Crippen LogP contribution in [0.25, 0.3) is 0 Å². The molecule has 13 heavy (non-hydrogen) atoms. The van der Waals surface area contributed by atoms with Gasteiger partial charge in [-0.2, -0.15) is 0 Å². The van der Waals surface area contributed by atoms with Gasteiger partial charge in [0, 0.05) is 31.3 Å². The van der Waals surface area contributed by atoms with Gasteiger partial charge in [0.15, 0.2) is 5.78 Å². The molecule has 0 radical (unpaired) electrons. The zero-order valence-electron chi connectivity index (χ0n) is 8.09. The maximum atomic E-state index is 11.5. The van der Waals surface area contributed by atoms with Crippen molar-refractivity contribution in [3.05, 3.63) is 11.8 Å². The fraction of sp³-hybridized carbons (Fsp3) is 0.727. The first-order valence-corrected chi connectivity index (χ1v) is 5.34. The first-order chi connectivity index (χ1) is 6.36. The summed E-state index contributed by atoms with van der Waals surface area (Å²) in [6.45, 7) is 2.30. The molecule has 0 unspecified atom stereocenters. The summed E-state index contributed by atoms with van der Waals surface area (Å²) in [5, 5.41) is 0. The van der Waals surface area contributed by atoms with Crippen molar-refractivity contribution in [3.63, 3.8) is 0 Å². The van der Waals surface area contributed by atoms with Crippen molar-refractivity contribution in [1.82, 2.24) is 4.90 Å². The number of carbonyl (C=O) groups excluding carboxylic acids is 1. The Balaban J connectivity index is 1.99. The third kappa shape index (κ3) is 2.11. The lowest BCUT2D eigenvalue weighted by Crippen LogP contribution is -2.16. The van der Waals surface area contributed by atoms with E-state index in [1.165, 1.54) is 19.3 Å². The predicted octanol–water partition coefficient (Wildman–Crippen LogP) is 2.11. The van der Waals surface area contributed by atoms with Gasteiger partial charge in [-0.05, 0) is 32.1 Å². The Labute approximate surface area is 79.6 Å². The van der Waals surface area contributed by atoms with E-state index in [0.29, 0.717) is 5.78 Å². The minimum Gasteiger partial charge on any atom is -0.377 e. The van der Waals surface area contributed by atoms with Crippen molar-refractivity contribution in [2.75, 3.05) is 13.1 Å². The van der Waals surface area contributed by atoms with Crippen LogP contribution in [0, 0.1) is 0 Å². The second kappa shape index (κ2) is 3.95. The van der Waals surface area contributed by atoms with Crippen LogP contribution in [0.5, 0.6) is 0 Å². The Bertz CT molecular complexity index is 226. The van der Waals surface area contributed by atoms with E-state index in [1.54, 1.807) is 0 Å². The highest BCUT2D eigenvalue weighted by Crippen LogP contribution is 2.21. The van der Waals surface area contributed by atoms with Crippen LogP contribution in [-0.4, -0.2) is 23.8 Å². The van der Waals surface area contributed by atoms with Gasteiger partial charge in [-0.15, -0.1) is 0 Å². The first-order valence-electron chi connectivity index (χ1n) is 5.34. The molecular formula is C11H17NO. The average molecular weight is 179 g/mol. The summed E-state index contributed by atoms with van der Waals surface area (Å²) in [5.41, 5.74) is 1.08. The van der Waals surface area contributed by atoms with Crippen LogP contribution in [0.15, 0.2) is 11.8 Å². The summed E-state index contributed by atoms with van der Waals surface area (Å²) in [6, 6.07) is 0. The largest absolute Gasteiger partial charge is 0.377 e.